The lowest BCUT2D eigenvalue weighted by molar-refractivity contribution is 0.0951. The van der Waals surface area contributed by atoms with Gasteiger partial charge in [0.25, 0.3) is 5.91 Å². The predicted molar refractivity (Wildman–Crippen MR) is 124 cm³/mol. The largest absolute Gasteiger partial charge is 0.348 e. The normalized spacial score (nSPS) is 10.8. The van der Waals surface area contributed by atoms with Gasteiger partial charge in [-0.3, -0.25) is 9.48 Å². The van der Waals surface area contributed by atoms with Crippen LogP contribution in [0.2, 0.25) is 0 Å². The van der Waals surface area contributed by atoms with Crippen molar-refractivity contribution >= 4 is 5.91 Å². The summed E-state index contributed by atoms with van der Waals surface area (Å²) in [6, 6.07) is 23.5. The SMILES string of the molecule is O=C(NCc1ccc(-n2cncn2)nc1)c1cn(Cc2ccccc2)nc1-c1ccccc1. The van der Waals surface area contributed by atoms with Crippen LogP contribution < -0.4 is 5.32 Å². The fourth-order valence-electron chi connectivity index (χ4n) is 3.51. The second-order valence-electron chi connectivity index (χ2n) is 7.49. The van der Waals surface area contributed by atoms with Gasteiger partial charge in [-0.05, 0) is 17.2 Å². The standard InChI is InChI=1S/C25H21N7O/c33-25(28-14-20-11-12-23(27-13-20)32-18-26-17-29-32)22-16-31(15-19-7-3-1-4-8-19)30-24(22)21-9-5-2-6-10-21/h1-13,16-18H,14-15H2,(H,28,33). The van der Waals surface area contributed by atoms with E-state index >= 15 is 0 Å². The summed E-state index contributed by atoms with van der Waals surface area (Å²) in [5.74, 6) is 0.477. The van der Waals surface area contributed by atoms with Gasteiger partial charge in [0.15, 0.2) is 5.82 Å². The molecule has 0 unspecified atom stereocenters. The number of amides is 1. The molecule has 0 fully saturated rings. The Morgan fingerprint density at radius 1 is 0.909 bits per heavy atom. The minimum atomic E-state index is -0.187. The molecule has 0 bridgehead atoms. The molecule has 3 aromatic heterocycles. The van der Waals surface area contributed by atoms with Crippen LogP contribution in [0.1, 0.15) is 21.5 Å². The predicted octanol–water partition coefficient (Wildman–Crippen LogP) is 3.50. The second kappa shape index (κ2) is 9.27. The maximum atomic E-state index is 13.1. The van der Waals surface area contributed by atoms with Crippen LogP contribution in [0.4, 0.5) is 0 Å². The molecule has 162 valence electrons. The Bertz CT molecular complexity index is 1330. The highest BCUT2D eigenvalue weighted by molar-refractivity contribution is 5.99. The number of carbonyl (C=O) groups is 1. The van der Waals surface area contributed by atoms with E-state index in [1.54, 1.807) is 28.1 Å². The molecule has 0 saturated carbocycles. The Balaban J connectivity index is 1.35. The molecule has 0 atom stereocenters. The van der Waals surface area contributed by atoms with Crippen LogP contribution in [-0.4, -0.2) is 35.4 Å². The highest BCUT2D eigenvalue weighted by atomic mass is 16.1. The van der Waals surface area contributed by atoms with E-state index in [2.05, 4.69) is 20.4 Å². The van der Waals surface area contributed by atoms with Crippen LogP contribution in [0.3, 0.4) is 0 Å². The summed E-state index contributed by atoms with van der Waals surface area (Å²) in [6.07, 6.45) is 6.56. The van der Waals surface area contributed by atoms with Crippen molar-refractivity contribution in [1.82, 2.24) is 34.8 Å². The lowest BCUT2D eigenvalue weighted by Crippen LogP contribution is -2.23. The monoisotopic (exact) mass is 435 g/mol. The number of nitrogens with one attached hydrogen (secondary N) is 1. The molecule has 0 saturated heterocycles. The highest BCUT2D eigenvalue weighted by Crippen LogP contribution is 2.22. The first-order valence-corrected chi connectivity index (χ1v) is 10.5. The number of hydrogen-bond acceptors (Lipinski definition) is 5. The van der Waals surface area contributed by atoms with Crippen LogP contribution in [0.5, 0.6) is 0 Å². The van der Waals surface area contributed by atoms with Crippen molar-refractivity contribution in [1.29, 1.82) is 0 Å². The highest BCUT2D eigenvalue weighted by Gasteiger charge is 2.18. The lowest BCUT2D eigenvalue weighted by atomic mass is 10.1. The summed E-state index contributed by atoms with van der Waals surface area (Å²) < 4.78 is 3.39. The maximum Gasteiger partial charge on any atom is 0.255 e. The van der Waals surface area contributed by atoms with E-state index in [1.807, 2.05) is 72.8 Å². The van der Waals surface area contributed by atoms with E-state index in [0.717, 1.165) is 16.7 Å². The number of rotatable bonds is 7. The number of pyridine rings is 1. The Labute approximate surface area is 190 Å². The zero-order chi connectivity index (χ0) is 22.5. The van der Waals surface area contributed by atoms with Crippen molar-refractivity contribution in [2.45, 2.75) is 13.1 Å². The molecule has 8 nitrogen and oxygen atoms in total. The zero-order valence-corrected chi connectivity index (χ0v) is 17.7. The van der Waals surface area contributed by atoms with Gasteiger partial charge >= 0.3 is 0 Å². The van der Waals surface area contributed by atoms with E-state index in [9.17, 15) is 4.79 Å². The first-order chi connectivity index (χ1) is 16.3. The summed E-state index contributed by atoms with van der Waals surface area (Å²) in [6.45, 7) is 0.934. The first kappa shape index (κ1) is 20.3. The Hall–Kier alpha value is -4.59. The van der Waals surface area contributed by atoms with Crippen LogP contribution in [0.15, 0.2) is 97.8 Å². The van der Waals surface area contributed by atoms with Crippen LogP contribution >= 0.6 is 0 Å². The summed E-state index contributed by atoms with van der Waals surface area (Å²) in [7, 11) is 0. The van der Waals surface area contributed by atoms with Crippen LogP contribution in [0.25, 0.3) is 17.1 Å². The van der Waals surface area contributed by atoms with Gasteiger partial charge in [0.05, 0.1) is 12.1 Å². The molecule has 2 aromatic carbocycles. The molecule has 3 heterocycles. The number of carbonyl (C=O) groups excluding carboxylic acids is 1. The van der Waals surface area contributed by atoms with Gasteiger partial charge in [0.1, 0.15) is 18.3 Å². The molecule has 5 rings (SSSR count). The lowest BCUT2D eigenvalue weighted by Gasteiger charge is -2.06. The van der Waals surface area contributed by atoms with E-state index in [1.165, 1.54) is 6.33 Å². The molecular weight excluding hydrogens is 414 g/mol. The average Bonchev–Trinajstić information content (AvgIpc) is 3.55. The third kappa shape index (κ3) is 4.69. The Morgan fingerprint density at radius 2 is 1.70 bits per heavy atom. The van der Waals surface area contributed by atoms with Gasteiger partial charge in [0, 0.05) is 24.5 Å². The summed E-state index contributed by atoms with van der Waals surface area (Å²) >= 11 is 0. The van der Waals surface area contributed by atoms with Gasteiger partial charge in [0.2, 0.25) is 0 Å². The van der Waals surface area contributed by atoms with E-state index in [0.29, 0.717) is 30.2 Å². The molecule has 0 aliphatic heterocycles. The van der Waals surface area contributed by atoms with Crippen LogP contribution in [0, 0.1) is 0 Å². The Morgan fingerprint density at radius 3 is 2.39 bits per heavy atom. The zero-order valence-electron chi connectivity index (χ0n) is 17.7. The molecule has 0 aliphatic carbocycles. The summed E-state index contributed by atoms with van der Waals surface area (Å²) in [4.78, 5) is 21.4. The molecule has 0 radical (unpaired) electrons. The van der Waals surface area contributed by atoms with Crippen molar-refractivity contribution < 1.29 is 4.79 Å². The van der Waals surface area contributed by atoms with Crippen molar-refractivity contribution in [2.75, 3.05) is 0 Å². The number of aromatic nitrogens is 6. The van der Waals surface area contributed by atoms with Crippen molar-refractivity contribution in [3.05, 3.63) is 115 Å². The third-order valence-corrected chi connectivity index (χ3v) is 5.16. The molecule has 1 amide bonds. The first-order valence-electron chi connectivity index (χ1n) is 10.5. The summed E-state index contributed by atoms with van der Waals surface area (Å²) in [5.41, 5.74) is 4.08. The Kier molecular flexibility index (Phi) is 5.71. The van der Waals surface area contributed by atoms with Gasteiger partial charge < -0.3 is 5.32 Å². The molecular formula is C25H21N7O. The molecule has 5 aromatic rings. The topological polar surface area (TPSA) is 90.5 Å². The number of nitrogens with zero attached hydrogens (tertiary/aromatic N) is 6. The maximum absolute atomic E-state index is 13.1. The second-order valence-corrected chi connectivity index (χ2v) is 7.49. The minimum absolute atomic E-state index is 0.187. The fraction of sp³-hybridized carbons (Fsp3) is 0.0800. The minimum Gasteiger partial charge on any atom is -0.348 e. The van der Waals surface area contributed by atoms with Crippen molar-refractivity contribution in [3.8, 4) is 17.1 Å². The molecule has 0 spiro atoms. The average molecular weight is 435 g/mol. The smallest absolute Gasteiger partial charge is 0.255 e. The molecule has 33 heavy (non-hydrogen) atoms. The molecule has 0 aliphatic rings. The van der Waals surface area contributed by atoms with E-state index in [-0.39, 0.29) is 5.91 Å². The number of hydrogen-bond donors (Lipinski definition) is 1. The van der Waals surface area contributed by atoms with Crippen molar-refractivity contribution in [2.24, 2.45) is 0 Å². The fourth-order valence-corrected chi connectivity index (χ4v) is 3.51. The van der Waals surface area contributed by atoms with E-state index < -0.39 is 0 Å². The van der Waals surface area contributed by atoms with E-state index in [4.69, 9.17) is 5.10 Å². The number of benzene rings is 2. The van der Waals surface area contributed by atoms with Crippen LogP contribution in [-0.2, 0) is 13.1 Å². The van der Waals surface area contributed by atoms with Gasteiger partial charge in [-0.25, -0.2) is 14.6 Å². The molecule has 1 N–H and O–H groups in total. The van der Waals surface area contributed by atoms with Crippen molar-refractivity contribution in [3.63, 3.8) is 0 Å². The quantitative estimate of drug-likeness (QED) is 0.423. The third-order valence-electron chi connectivity index (χ3n) is 5.16. The summed E-state index contributed by atoms with van der Waals surface area (Å²) in [5, 5.41) is 11.8. The van der Waals surface area contributed by atoms with Gasteiger partial charge in [-0.1, -0.05) is 66.7 Å². The van der Waals surface area contributed by atoms with Gasteiger partial charge in [-0.2, -0.15) is 10.2 Å². The molecule has 8 heteroatoms. The van der Waals surface area contributed by atoms with Gasteiger partial charge in [-0.15, -0.1) is 0 Å².